The van der Waals surface area contributed by atoms with E-state index in [1.165, 1.54) is 16.7 Å². The van der Waals surface area contributed by atoms with Crippen LogP contribution in [0.25, 0.3) is 0 Å². The highest BCUT2D eigenvalue weighted by atomic mass is 32.2. The molecule has 2 rings (SSSR count). The zero-order valence-corrected chi connectivity index (χ0v) is 12.2. The first-order chi connectivity index (χ1) is 9.38. The maximum absolute atomic E-state index is 12.0. The third kappa shape index (κ3) is 2.36. The normalized spacial score (nSPS) is 27.5. The third-order valence-electron chi connectivity index (χ3n) is 3.58. The second kappa shape index (κ2) is 5.59. The van der Waals surface area contributed by atoms with Gasteiger partial charge in [0.05, 0.1) is 18.1 Å². The Kier molecular flexibility index (Phi) is 4.22. The number of allylic oxidation sites excluding steroid dienone is 1. The molecule has 1 amide bonds. The van der Waals surface area contributed by atoms with E-state index in [-0.39, 0.29) is 17.6 Å². The SMILES string of the molecule is C/C(=C/CN)SC1=C(C(=O)O)N2C(=O)[C@@H]([C@H](C)O)[C@H]2C1. The minimum Gasteiger partial charge on any atom is -0.477 e. The first-order valence-corrected chi connectivity index (χ1v) is 7.22. The van der Waals surface area contributed by atoms with Gasteiger partial charge in [-0.1, -0.05) is 17.8 Å². The Morgan fingerprint density at radius 1 is 1.65 bits per heavy atom. The number of carbonyl (C=O) groups is 2. The number of nitrogens with two attached hydrogens (primary N) is 1. The first-order valence-electron chi connectivity index (χ1n) is 6.40. The summed E-state index contributed by atoms with van der Waals surface area (Å²) < 4.78 is 0. The predicted molar refractivity (Wildman–Crippen MR) is 75.5 cm³/mol. The lowest BCUT2D eigenvalue weighted by Gasteiger charge is -2.44. The van der Waals surface area contributed by atoms with Crippen LogP contribution in [0.2, 0.25) is 0 Å². The van der Waals surface area contributed by atoms with Crippen molar-refractivity contribution in [1.29, 1.82) is 0 Å². The molecule has 0 aromatic heterocycles. The van der Waals surface area contributed by atoms with Crippen LogP contribution in [0.15, 0.2) is 21.6 Å². The summed E-state index contributed by atoms with van der Waals surface area (Å²) in [6.07, 6.45) is 1.52. The maximum Gasteiger partial charge on any atom is 0.353 e. The number of carbonyl (C=O) groups excluding carboxylic acids is 1. The van der Waals surface area contributed by atoms with Crippen LogP contribution in [-0.4, -0.2) is 45.7 Å². The third-order valence-corrected chi connectivity index (χ3v) is 4.68. The highest BCUT2D eigenvalue weighted by Gasteiger charge is 2.56. The highest BCUT2D eigenvalue weighted by Crippen LogP contribution is 2.48. The van der Waals surface area contributed by atoms with Crippen LogP contribution >= 0.6 is 11.8 Å². The Hall–Kier alpha value is -1.31. The molecule has 2 heterocycles. The largest absolute Gasteiger partial charge is 0.477 e. The summed E-state index contributed by atoms with van der Waals surface area (Å²) in [6, 6.07) is -0.234. The van der Waals surface area contributed by atoms with Crippen LogP contribution in [0.3, 0.4) is 0 Å². The standard InChI is InChI=1S/C13H18N2O4S/c1-6(3-4-14)20-9-5-8-10(7(2)16)12(17)15(8)11(9)13(18)19/h3,7-8,10,16H,4-5,14H2,1-2H3,(H,18,19)/b6-3-/t7-,8+,10-/m0/s1. The lowest BCUT2D eigenvalue weighted by atomic mass is 9.83. The van der Waals surface area contributed by atoms with Crippen molar-refractivity contribution in [3.05, 3.63) is 21.6 Å². The number of fused-ring (bicyclic) bond motifs is 1. The van der Waals surface area contributed by atoms with Gasteiger partial charge >= 0.3 is 5.97 Å². The van der Waals surface area contributed by atoms with Crippen LogP contribution < -0.4 is 5.73 Å². The molecule has 2 aliphatic heterocycles. The van der Waals surface area contributed by atoms with Crippen LogP contribution in [0, 0.1) is 5.92 Å². The number of aliphatic carboxylic acids is 1. The fraction of sp³-hybridized carbons (Fsp3) is 0.538. The van der Waals surface area contributed by atoms with Gasteiger partial charge in [0, 0.05) is 17.9 Å². The number of carboxylic acids is 1. The van der Waals surface area contributed by atoms with E-state index in [4.69, 9.17) is 5.73 Å². The summed E-state index contributed by atoms with van der Waals surface area (Å²) in [5, 5.41) is 18.9. The molecule has 20 heavy (non-hydrogen) atoms. The molecule has 0 spiro atoms. The van der Waals surface area contributed by atoms with Gasteiger partial charge in [-0.25, -0.2) is 4.79 Å². The van der Waals surface area contributed by atoms with E-state index in [2.05, 4.69) is 0 Å². The molecule has 0 aromatic carbocycles. The second-order valence-electron chi connectivity index (χ2n) is 4.98. The number of β-lactam (4-membered cyclic amide) rings is 1. The number of carboxylic acid groups (broad SMARTS) is 1. The Morgan fingerprint density at radius 3 is 2.80 bits per heavy atom. The zero-order chi connectivity index (χ0) is 15.0. The number of hydrogen-bond acceptors (Lipinski definition) is 5. The smallest absolute Gasteiger partial charge is 0.353 e. The molecule has 2 aliphatic rings. The lowest BCUT2D eigenvalue weighted by Crippen LogP contribution is -2.61. The second-order valence-corrected chi connectivity index (χ2v) is 6.32. The number of hydrogen-bond donors (Lipinski definition) is 3. The topological polar surface area (TPSA) is 104 Å². The van der Waals surface area contributed by atoms with Crippen LogP contribution in [0.5, 0.6) is 0 Å². The van der Waals surface area contributed by atoms with E-state index >= 15 is 0 Å². The van der Waals surface area contributed by atoms with Gasteiger partial charge in [-0.15, -0.1) is 0 Å². The van der Waals surface area contributed by atoms with Gasteiger partial charge in [0.25, 0.3) is 0 Å². The van der Waals surface area contributed by atoms with E-state index in [1.807, 2.05) is 6.92 Å². The molecule has 0 saturated carbocycles. The van der Waals surface area contributed by atoms with Gasteiger partial charge in [-0.2, -0.15) is 0 Å². The Balaban J connectivity index is 2.26. The van der Waals surface area contributed by atoms with E-state index in [0.29, 0.717) is 17.9 Å². The van der Waals surface area contributed by atoms with Crippen LogP contribution in [-0.2, 0) is 9.59 Å². The molecule has 110 valence electrons. The fourth-order valence-corrected chi connectivity index (χ4v) is 3.83. The number of amides is 1. The molecule has 3 atom stereocenters. The number of aliphatic hydroxyl groups is 1. The van der Waals surface area contributed by atoms with Crippen LogP contribution in [0.4, 0.5) is 0 Å². The van der Waals surface area contributed by atoms with Gasteiger partial charge in [0.1, 0.15) is 5.70 Å². The Bertz CT molecular complexity index is 513. The van der Waals surface area contributed by atoms with E-state index in [0.717, 1.165) is 4.91 Å². The van der Waals surface area contributed by atoms with Gasteiger partial charge in [-0.3, -0.25) is 4.79 Å². The van der Waals surface area contributed by atoms with Crippen molar-refractivity contribution in [1.82, 2.24) is 4.90 Å². The maximum atomic E-state index is 12.0. The Morgan fingerprint density at radius 2 is 2.30 bits per heavy atom. The molecule has 7 heteroatoms. The molecule has 0 bridgehead atoms. The molecule has 0 radical (unpaired) electrons. The van der Waals surface area contributed by atoms with Gasteiger partial charge in [0.15, 0.2) is 0 Å². The minimum atomic E-state index is -1.10. The van der Waals surface area contributed by atoms with Gasteiger partial charge in [-0.05, 0) is 18.8 Å². The molecule has 0 aliphatic carbocycles. The number of thioether (sulfide) groups is 1. The van der Waals surface area contributed by atoms with Crippen molar-refractivity contribution >= 4 is 23.6 Å². The van der Waals surface area contributed by atoms with Crippen molar-refractivity contribution in [2.24, 2.45) is 11.7 Å². The summed E-state index contributed by atoms with van der Waals surface area (Å²) in [5.41, 5.74) is 5.48. The van der Waals surface area contributed by atoms with Crippen molar-refractivity contribution in [2.45, 2.75) is 32.4 Å². The van der Waals surface area contributed by atoms with Crippen LogP contribution in [0.1, 0.15) is 20.3 Å². The Labute approximate surface area is 121 Å². The number of nitrogens with zero attached hydrogens (tertiary/aromatic N) is 1. The van der Waals surface area contributed by atoms with E-state index in [9.17, 15) is 19.8 Å². The molecule has 1 saturated heterocycles. The molecule has 6 nitrogen and oxygen atoms in total. The summed E-state index contributed by atoms with van der Waals surface area (Å²) in [7, 11) is 0. The molecular formula is C13H18N2O4S. The van der Waals surface area contributed by atoms with Crippen molar-refractivity contribution in [2.75, 3.05) is 6.54 Å². The average Bonchev–Trinajstić information content (AvgIpc) is 2.63. The van der Waals surface area contributed by atoms with Crippen molar-refractivity contribution in [3.63, 3.8) is 0 Å². The summed E-state index contributed by atoms with van der Waals surface area (Å²) in [4.78, 5) is 26.2. The molecule has 0 aromatic rings. The number of aliphatic hydroxyl groups excluding tert-OH is 1. The predicted octanol–water partition coefficient (Wildman–Crippen LogP) is 0.490. The summed E-state index contributed by atoms with van der Waals surface area (Å²) >= 11 is 1.34. The summed E-state index contributed by atoms with van der Waals surface area (Å²) in [5.74, 6) is -1.91. The minimum absolute atomic E-state index is 0.0478. The van der Waals surface area contributed by atoms with Gasteiger partial charge < -0.3 is 20.8 Å². The highest BCUT2D eigenvalue weighted by molar-refractivity contribution is 8.06. The molecule has 1 fully saturated rings. The van der Waals surface area contributed by atoms with Crippen molar-refractivity contribution in [3.8, 4) is 0 Å². The molecule has 4 N–H and O–H groups in total. The van der Waals surface area contributed by atoms with Gasteiger partial charge in [0.2, 0.25) is 5.91 Å². The number of rotatable bonds is 5. The summed E-state index contributed by atoms with van der Waals surface area (Å²) in [6.45, 7) is 3.80. The van der Waals surface area contributed by atoms with E-state index < -0.39 is 18.0 Å². The molecular weight excluding hydrogens is 280 g/mol. The quantitative estimate of drug-likeness (QED) is 0.638. The zero-order valence-electron chi connectivity index (χ0n) is 11.4. The van der Waals surface area contributed by atoms with E-state index in [1.54, 1.807) is 13.0 Å². The molecule has 0 unspecified atom stereocenters. The monoisotopic (exact) mass is 298 g/mol. The van der Waals surface area contributed by atoms with Crippen molar-refractivity contribution < 1.29 is 19.8 Å². The fourth-order valence-electron chi connectivity index (χ4n) is 2.72. The first kappa shape index (κ1) is 15.1. The average molecular weight is 298 g/mol. The lowest BCUT2D eigenvalue weighted by molar-refractivity contribution is -0.161.